The molecule has 2 heterocycles. The van der Waals surface area contributed by atoms with Gasteiger partial charge in [-0.3, -0.25) is 4.79 Å². The van der Waals surface area contributed by atoms with E-state index in [1.807, 2.05) is 0 Å². The molecule has 1 aromatic heterocycles. The van der Waals surface area contributed by atoms with Crippen LogP contribution in [0.2, 0.25) is 5.02 Å². The van der Waals surface area contributed by atoms with E-state index >= 15 is 0 Å². The Kier molecular flexibility index (Phi) is 3.50. The summed E-state index contributed by atoms with van der Waals surface area (Å²) in [6.45, 7) is 2.72. The third-order valence-electron chi connectivity index (χ3n) is 4.36. The number of hydrogen-bond donors (Lipinski definition) is 2. The highest BCUT2D eigenvalue weighted by atomic mass is 35.5. The molecule has 6 heteroatoms. The van der Waals surface area contributed by atoms with Crippen LogP contribution in [0.25, 0.3) is 0 Å². The van der Waals surface area contributed by atoms with Gasteiger partial charge in [0.1, 0.15) is 5.02 Å². The van der Waals surface area contributed by atoms with Crippen LogP contribution >= 0.6 is 11.6 Å². The highest BCUT2D eigenvalue weighted by Gasteiger charge is 2.41. The Labute approximate surface area is 117 Å². The fourth-order valence-corrected chi connectivity index (χ4v) is 3.60. The van der Waals surface area contributed by atoms with E-state index < -0.39 is 0 Å². The van der Waals surface area contributed by atoms with Crippen molar-refractivity contribution in [1.82, 2.24) is 15.3 Å². The summed E-state index contributed by atoms with van der Waals surface area (Å²) >= 11 is 6.16. The quantitative estimate of drug-likeness (QED) is 0.820. The van der Waals surface area contributed by atoms with E-state index in [1.165, 1.54) is 25.6 Å². The minimum Gasteiger partial charge on any atom is -0.347 e. The van der Waals surface area contributed by atoms with Crippen molar-refractivity contribution in [2.24, 2.45) is 0 Å². The van der Waals surface area contributed by atoms with Gasteiger partial charge in [0, 0.05) is 19.6 Å². The number of hydrogen-bond acceptors (Lipinski definition) is 4. The number of halogens is 1. The van der Waals surface area contributed by atoms with Gasteiger partial charge in [-0.15, -0.1) is 0 Å². The molecule has 1 saturated carbocycles. The van der Waals surface area contributed by atoms with E-state index in [0.717, 1.165) is 32.5 Å². The van der Waals surface area contributed by atoms with Gasteiger partial charge >= 0.3 is 0 Å². The lowest BCUT2D eigenvalue weighted by atomic mass is 9.79. The lowest BCUT2D eigenvalue weighted by Crippen LogP contribution is -2.62. The van der Waals surface area contributed by atoms with Crippen molar-refractivity contribution < 1.29 is 0 Å². The maximum Gasteiger partial charge on any atom is 0.271 e. The van der Waals surface area contributed by atoms with Crippen LogP contribution in [-0.4, -0.2) is 35.1 Å². The fourth-order valence-electron chi connectivity index (χ4n) is 3.39. The summed E-state index contributed by atoms with van der Waals surface area (Å²) < 4.78 is 0. The number of anilines is 1. The molecule has 1 aromatic rings. The maximum absolute atomic E-state index is 11.7. The molecule has 0 amide bonds. The van der Waals surface area contributed by atoms with Gasteiger partial charge in [-0.25, -0.2) is 4.98 Å². The summed E-state index contributed by atoms with van der Waals surface area (Å²) in [5, 5.41) is 3.70. The minimum absolute atomic E-state index is 0.0843. The topological polar surface area (TPSA) is 61.0 Å². The second-order valence-corrected chi connectivity index (χ2v) is 5.86. The Balaban J connectivity index is 2.00. The van der Waals surface area contributed by atoms with Gasteiger partial charge in [0.05, 0.1) is 11.9 Å². The van der Waals surface area contributed by atoms with Crippen LogP contribution in [-0.2, 0) is 0 Å². The van der Waals surface area contributed by atoms with E-state index in [1.54, 1.807) is 0 Å². The molecule has 104 valence electrons. The lowest BCUT2D eigenvalue weighted by Gasteiger charge is -2.50. The standard InChI is InChI=1S/C13H19ClN4O/c14-10-11(16-9-17-12(10)19)18-7-6-15-8-13(18)4-2-1-3-5-13/h9,15H,1-8H2,(H,16,17,19). The average molecular weight is 283 g/mol. The van der Waals surface area contributed by atoms with Crippen molar-refractivity contribution in [2.45, 2.75) is 37.6 Å². The Bertz CT molecular complexity index is 501. The van der Waals surface area contributed by atoms with Crippen molar-refractivity contribution in [1.29, 1.82) is 0 Å². The summed E-state index contributed by atoms with van der Waals surface area (Å²) in [6.07, 6.45) is 7.50. The minimum atomic E-state index is -0.254. The van der Waals surface area contributed by atoms with Crippen molar-refractivity contribution in [3.05, 3.63) is 21.7 Å². The fraction of sp³-hybridized carbons (Fsp3) is 0.692. The predicted molar refractivity (Wildman–Crippen MR) is 75.9 cm³/mol. The van der Waals surface area contributed by atoms with Gasteiger partial charge in [-0.2, -0.15) is 0 Å². The molecular weight excluding hydrogens is 264 g/mol. The van der Waals surface area contributed by atoms with Gasteiger partial charge in [0.15, 0.2) is 5.82 Å². The van der Waals surface area contributed by atoms with E-state index in [9.17, 15) is 4.79 Å². The second-order valence-electron chi connectivity index (χ2n) is 5.48. The molecule has 0 bridgehead atoms. The molecule has 0 atom stereocenters. The molecule has 2 aliphatic rings. The van der Waals surface area contributed by atoms with E-state index in [4.69, 9.17) is 11.6 Å². The predicted octanol–water partition coefficient (Wildman–Crippen LogP) is 1.54. The Morgan fingerprint density at radius 3 is 2.89 bits per heavy atom. The Morgan fingerprint density at radius 2 is 2.11 bits per heavy atom. The molecule has 0 unspecified atom stereocenters. The second kappa shape index (κ2) is 5.13. The highest BCUT2D eigenvalue weighted by molar-refractivity contribution is 6.32. The largest absolute Gasteiger partial charge is 0.347 e. The monoisotopic (exact) mass is 282 g/mol. The van der Waals surface area contributed by atoms with E-state index in [-0.39, 0.29) is 16.1 Å². The number of aromatic amines is 1. The first-order valence-corrected chi connectivity index (χ1v) is 7.32. The normalized spacial score (nSPS) is 22.7. The summed E-state index contributed by atoms with van der Waals surface area (Å²) in [5.74, 6) is 0.647. The molecule has 0 radical (unpaired) electrons. The maximum atomic E-state index is 11.7. The number of aromatic nitrogens is 2. The molecule has 19 heavy (non-hydrogen) atoms. The average Bonchev–Trinajstić information content (AvgIpc) is 2.44. The zero-order valence-electron chi connectivity index (χ0n) is 10.9. The Hall–Kier alpha value is -1.07. The van der Waals surface area contributed by atoms with Crippen molar-refractivity contribution in [3.8, 4) is 0 Å². The number of rotatable bonds is 1. The van der Waals surface area contributed by atoms with E-state index in [2.05, 4.69) is 20.2 Å². The summed E-state index contributed by atoms with van der Waals surface area (Å²) in [5.41, 5.74) is -0.169. The van der Waals surface area contributed by atoms with Crippen LogP contribution in [0.3, 0.4) is 0 Å². The smallest absolute Gasteiger partial charge is 0.271 e. The van der Waals surface area contributed by atoms with Gasteiger partial charge in [0.25, 0.3) is 5.56 Å². The zero-order chi connectivity index (χ0) is 13.3. The lowest BCUT2D eigenvalue weighted by molar-refractivity contribution is 0.239. The first kappa shape index (κ1) is 12.9. The molecule has 1 spiro atoms. The van der Waals surface area contributed by atoms with Gasteiger partial charge in [-0.05, 0) is 12.8 Å². The van der Waals surface area contributed by atoms with Crippen LogP contribution in [0.15, 0.2) is 11.1 Å². The Morgan fingerprint density at radius 1 is 1.32 bits per heavy atom. The van der Waals surface area contributed by atoms with Crippen LogP contribution in [0.1, 0.15) is 32.1 Å². The van der Waals surface area contributed by atoms with Gasteiger partial charge in [-0.1, -0.05) is 30.9 Å². The van der Waals surface area contributed by atoms with Crippen LogP contribution in [0, 0.1) is 0 Å². The third kappa shape index (κ3) is 2.25. The molecular formula is C13H19ClN4O. The number of H-pyrrole nitrogens is 1. The highest BCUT2D eigenvalue weighted by Crippen LogP contribution is 2.38. The molecule has 2 fully saturated rings. The summed E-state index contributed by atoms with van der Waals surface area (Å²) in [7, 11) is 0. The van der Waals surface area contributed by atoms with Gasteiger partial charge < -0.3 is 15.2 Å². The van der Waals surface area contributed by atoms with Crippen LogP contribution in [0.4, 0.5) is 5.82 Å². The van der Waals surface area contributed by atoms with Crippen molar-refractivity contribution >= 4 is 17.4 Å². The summed E-state index contributed by atoms with van der Waals surface area (Å²) in [4.78, 5) is 20.8. The first-order chi connectivity index (χ1) is 9.23. The SMILES string of the molecule is O=c1[nH]cnc(N2CCNCC23CCCCC3)c1Cl. The molecule has 0 aromatic carbocycles. The van der Waals surface area contributed by atoms with Crippen LogP contribution < -0.4 is 15.8 Å². The first-order valence-electron chi connectivity index (χ1n) is 6.94. The summed E-state index contributed by atoms with van der Waals surface area (Å²) in [6, 6.07) is 0. The van der Waals surface area contributed by atoms with Crippen molar-refractivity contribution in [2.75, 3.05) is 24.5 Å². The van der Waals surface area contributed by atoms with Gasteiger partial charge in [0.2, 0.25) is 0 Å². The number of nitrogens with one attached hydrogen (secondary N) is 2. The molecule has 1 saturated heterocycles. The van der Waals surface area contributed by atoms with Crippen molar-refractivity contribution in [3.63, 3.8) is 0 Å². The van der Waals surface area contributed by atoms with E-state index in [0.29, 0.717) is 5.82 Å². The zero-order valence-corrected chi connectivity index (χ0v) is 11.7. The molecule has 5 nitrogen and oxygen atoms in total. The third-order valence-corrected chi connectivity index (χ3v) is 4.70. The molecule has 3 rings (SSSR count). The van der Waals surface area contributed by atoms with Crippen LogP contribution in [0.5, 0.6) is 0 Å². The molecule has 1 aliphatic heterocycles. The molecule has 2 N–H and O–H groups in total. The molecule has 1 aliphatic carbocycles. The number of nitrogens with zero attached hydrogens (tertiary/aromatic N) is 2. The number of piperazine rings is 1.